The smallest absolute Gasteiger partial charge is 0.349 e. The molecule has 0 saturated carbocycles. The molecule has 0 unspecified atom stereocenters. The van der Waals surface area contributed by atoms with E-state index in [4.69, 9.17) is 8.83 Å². The Kier molecular flexibility index (Phi) is 3.69. The molecule has 0 radical (unpaired) electrons. The van der Waals surface area contributed by atoms with Gasteiger partial charge in [-0.2, -0.15) is 11.3 Å². The second-order valence-electron chi connectivity index (χ2n) is 5.99. The molecular formula is C21H12N2O3S. The average Bonchev–Trinajstić information content (AvgIpc) is 3.40. The number of rotatable bonds is 3. The van der Waals surface area contributed by atoms with Crippen LogP contribution in [0, 0.1) is 0 Å². The Labute approximate surface area is 157 Å². The van der Waals surface area contributed by atoms with Crippen LogP contribution in [0.2, 0.25) is 0 Å². The molecule has 0 spiro atoms. The molecule has 0 bridgehead atoms. The maximum atomic E-state index is 12.3. The van der Waals surface area contributed by atoms with Gasteiger partial charge in [-0.15, -0.1) is 10.2 Å². The number of fused-ring (bicyclic) bond motifs is 1. The summed E-state index contributed by atoms with van der Waals surface area (Å²) in [6, 6.07) is 18.9. The van der Waals surface area contributed by atoms with Gasteiger partial charge in [0, 0.05) is 10.9 Å². The summed E-state index contributed by atoms with van der Waals surface area (Å²) in [5.41, 5.74) is 3.36. The van der Waals surface area contributed by atoms with Gasteiger partial charge in [-0.3, -0.25) is 0 Å². The minimum Gasteiger partial charge on any atom is -0.422 e. The fourth-order valence-corrected chi connectivity index (χ4v) is 3.56. The van der Waals surface area contributed by atoms with Crippen LogP contribution in [0.25, 0.3) is 45.0 Å². The van der Waals surface area contributed by atoms with Crippen molar-refractivity contribution in [2.45, 2.75) is 0 Å². The lowest BCUT2D eigenvalue weighted by Crippen LogP contribution is -2.02. The number of nitrogens with zero attached hydrogens (tertiary/aromatic N) is 2. The molecule has 0 aliphatic heterocycles. The van der Waals surface area contributed by atoms with E-state index in [0.29, 0.717) is 11.5 Å². The van der Waals surface area contributed by atoms with Crippen LogP contribution in [0.3, 0.4) is 0 Å². The molecule has 5 rings (SSSR count). The highest BCUT2D eigenvalue weighted by atomic mass is 32.1. The van der Waals surface area contributed by atoms with Crippen molar-refractivity contribution in [2.24, 2.45) is 0 Å². The van der Waals surface area contributed by atoms with Crippen LogP contribution in [0.4, 0.5) is 0 Å². The van der Waals surface area contributed by atoms with Gasteiger partial charge in [0.25, 0.3) is 5.89 Å². The summed E-state index contributed by atoms with van der Waals surface area (Å²) < 4.78 is 11.1. The molecule has 0 N–H and O–H groups in total. The second-order valence-corrected chi connectivity index (χ2v) is 6.77. The van der Waals surface area contributed by atoms with E-state index in [1.807, 2.05) is 47.8 Å². The zero-order chi connectivity index (χ0) is 18.2. The van der Waals surface area contributed by atoms with Gasteiger partial charge < -0.3 is 8.83 Å². The molecule has 0 aliphatic carbocycles. The molecular weight excluding hydrogens is 360 g/mol. The van der Waals surface area contributed by atoms with Crippen LogP contribution < -0.4 is 5.63 Å². The summed E-state index contributed by atoms with van der Waals surface area (Å²) in [5.74, 6) is 0.501. The van der Waals surface area contributed by atoms with Gasteiger partial charge in [-0.1, -0.05) is 30.3 Å². The topological polar surface area (TPSA) is 69.1 Å². The maximum absolute atomic E-state index is 12.3. The third-order valence-electron chi connectivity index (χ3n) is 4.28. The van der Waals surface area contributed by atoms with Crippen LogP contribution in [0.5, 0.6) is 0 Å². The normalized spacial score (nSPS) is 11.1. The monoisotopic (exact) mass is 372 g/mol. The molecule has 0 saturated heterocycles. The highest BCUT2D eigenvalue weighted by Crippen LogP contribution is 2.27. The van der Waals surface area contributed by atoms with E-state index in [-0.39, 0.29) is 11.5 Å². The number of hydrogen-bond donors (Lipinski definition) is 0. The molecule has 27 heavy (non-hydrogen) atoms. The number of para-hydroxylation sites is 1. The fourth-order valence-electron chi connectivity index (χ4n) is 2.89. The van der Waals surface area contributed by atoms with Crippen molar-refractivity contribution in [3.05, 3.63) is 81.8 Å². The first-order chi connectivity index (χ1) is 13.3. The van der Waals surface area contributed by atoms with E-state index in [9.17, 15) is 4.79 Å². The van der Waals surface area contributed by atoms with E-state index in [0.717, 1.165) is 16.5 Å². The molecule has 0 atom stereocenters. The van der Waals surface area contributed by atoms with Crippen LogP contribution in [0.15, 0.2) is 85.1 Å². The summed E-state index contributed by atoms with van der Waals surface area (Å²) >= 11 is 1.66. The van der Waals surface area contributed by atoms with Crippen LogP contribution in [-0.4, -0.2) is 10.2 Å². The van der Waals surface area contributed by atoms with E-state index >= 15 is 0 Å². The minimum absolute atomic E-state index is 0.145. The molecule has 6 heteroatoms. The summed E-state index contributed by atoms with van der Waals surface area (Å²) in [4.78, 5) is 12.3. The zero-order valence-corrected chi connectivity index (χ0v) is 14.8. The van der Waals surface area contributed by atoms with Crippen molar-refractivity contribution in [1.82, 2.24) is 10.2 Å². The minimum atomic E-state index is -0.503. The molecule has 5 nitrogen and oxygen atoms in total. The molecule has 0 fully saturated rings. The quantitative estimate of drug-likeness (QED) is 0.405. The van der Waals surface area contributed by atoms with Crippen LogP contribution >= 0.6 is 11.3 Å². The molecule has 3 heterocycles. The standard InChI is InChI=1S/C21H12N2O3S/c24-21-17(11-15-3-1-2-4-18(15)25-21)20-23-22-19(26-20)14-7-5-13(6-8-14)16-9-10-27-12-16/h1-12H. The van der Waals surface area contributed by atoms with E-state index in [2.05, 4.69) is 21.6 Å². The number of benzene rings is 2. The Morgan fingerprint density at radius 3 is 2.37 bits per heavy atom. The van der Waals surface area contributed by atoms with Gasteiger partial charge in [-0.05, 0) is 52.2 Å². The first kappa shape index (κ1) is 15.7. The lowest BCUT2D eigenvalue weighted by molar-refractivity contribution is 0.547. The van der Waals surface area contributed by atoms with Crippen molar-refractivity contribution in [3.63, 3.8) is 0 Å². The van der Waals surface area contributed by atoms with E-state index in [1.54, 1.807) is 23.5 Å². The van der Waals surface area contributed by atoms with Crippen molar-refractivity contribution in [1.29, 1.82) is 0 Å². The lowest BCUT2D eigenvalue weighted by Gasteiger charge is -1.99. The van der Waals surface area contributed by atoms with Gasteiger partial charge >= 0.3 is 5.63 Å². The third kappa shape index (κ3) is 2.86. The summed E-state index contributed by atoms with van der Waals surface area (Å²) in [6.07, 6.45) is 0. The van der Waals surface area contributed by atoms with E-state index in [1.165, 1.54) is 5.56 Å². The van der Waals surface area contributed by atoms with Crippen LogP contribution in [0.1, 0.15) is 0 Å². The largest absolute Gasteiger partial charge is 0.422 e. The Bertz CT molecular complexity index is 1290. The van der Waals surface area contributed by atoms with Crippen molar-refractivity contribution in [3.8, 4) is 34.0 Å². The lowest BCUT2D eigenvalue weighted by atomic mass is 10.1. The van der Waals surface area contributed by atoms with Crippen molar-refractivity contribution in [2.75, 3.05) is 0 Å². The highest BCUT2D eigenvalue weighted by Gasteiger charge is 2.16. The van der Waals surface area contributed by atoms with Crippen molar-refractivity contribution >= 4 is 22.3 Å². The van der Waals surface area contributed by atoms with Crippen LogP contribution in [-0.2, 0) is 0 Å². The summed E-state index contributed by atoms with van der Waals surface area (Å²) in [5, 5.41) is 13.0. The SMILES string of the molecule is O=c1oc2ccccc2cc1-c1nnc(-c2ccc(-c3ccsc3)cc2)o1. The maximum Gasteiger partial charge on any atom is 0.349 e. The zero-order valence-electron chi connectivity index (χ0n) is 14.0. The number of hydrogen-bond acceptors (Lipinski definition) is 6. The van der Waals surface area contributed by atoms with Gasteiger partial charge in [0.2, 0.25) is 5.89 Å². The first-order valence-corrected chi connectivity index (χ1v) is 9.22. The summed E-state index contributed by atoms with van der Waals surface area (Å²) in [7, 11) is 0. The van der Waals surface area contributed by atoms with Gasteiger partial charge in [0.15, 0.2) is 0 Å². The Morgan fingerprint density at radius 1 is 0.778 bits per heavy atom. The third-order valence-corrected chi connectivity index (χ3v) is 4.97. The highest BCUT2D eigenvalue weighted by molar-refractivity contribution is 7.08. The molecule has 130 valence electrons. The predicted molar refractivity (Wildman–Crippen MR) is 105 cm³/mol. The van der Waals surface area contributed by atoms with Gasteiger partial charge in [-0.25, -0.2) is 4.79 Å². The molecule has 0 aliphatic rings. The Hall–Kier alpha value is -3.51. The molecule has 0 amide bonds. The molecule has 2 aromatic carbocycles. The Balaban J connectivity index is 1.51. The number of thiophene rings is 1. The van der Waals surface area contributed by atoms with Crippen molar-refractivity contribution < 1.29 is 8.83 Å². The molecule has 5 aromatic rings. The second kappa shape index (κ2) is 6.34. The predicted octanol–water partition coefficient (Wildman–Crippen LogP) is 5.24. The summed E-state index contributed by atoms with van der Waals surface area (Å²) in [6.45, 7) is 0. The first-order valence-electron chi connectivity index (χ1n) is 8.28. The van der Waals surface area contributed by atoms with Gasteiger partial charge in [0.1, 0.15) is 11.1 Å². The number of aromatic nitrogens is 2. The average molecular weight is 372 g/mol. The van der Waals surface area contributed by atoms with E-state index < -0.39 is 5.63 Å². The Morgan fingerprint density at radius 2 is 1.56 bits per heavy atom. The fraction of sp³-hybridized carbons (Fsp3) is 0. The van der Waals surface area contributed by atoms with Gasteiger partial charge in [0.05, 0.1) is 0 Å². The molecule has 3 aromatic heterocycles.